The van der Waals surface area contributed by atoms with Crippen LogP contribution in [0, 0.1) is 0 Å². The van der Waals surface area contributed by atoms with Crippen molar-refractivity contribution < 1.29 is 0 Å². The summed E-state index contributed by atoms with van der Waals surface area (Å²) in [5.74, 6) is 0. The van der Waals surface area contributed by atoms with Crippen LogP contribution in [0.1, 0.15) is 13.8 Å². The van der Waals surface area contributed by atoms with E-state index in [2.05, 4.69) is 41.7 Å². The minimum atomic E-state index is -0.674. The molecule has 0 aromatic carbocycles. The molecule has 0 rings (SSSR count). The van der Waals surface area contributed by atoms with E-state index >= 15 is 0 Å². The minimum absolute atomic E-state index is 0.674. The zero-order valence-corrected chi connectivity index (χ0v) is 8.83. The Morgan fingerprint density at radius 1 is 1.33 bits per heavy atom. The van der Waals surface area contributed by atoms with Crippen LogP contribution in [-0.4, -0.2) is 10.9 Å². The maximum atomic E-state index is 3.50. The number of rotatable bonds is 1. The summed E-state index contributed by atoms with van der Waals surface area (Å²) >= 11 is 7.00. The van der Waals surface area contributed by atoms with Crippen molar-refractivity contribution in [2.24, 2.45) is 0 Å². The van der Waals surface area contributed by atoms with Gasteiger partial charge in [0.1, 0.15) is 0 Å². The van der Waals surface area contributed by atoms with Gasteiger partial charge in [-0.3, -0.25) is 0 Å². The first kappa shape index (κ1) is 7.52. The first-order valence-corrected chi connectivity index (χ1v) is 11.6. The van der Waals surface area contributed by atoms with Crippen molar-refractivity contribution in [3.63, 3.8) is 0 Å². The summed E-state index contributed by atoms with van der Waals surface area (Å²) in [5.41, 5.74) is 0. The molecule has 0 saturated carbocycles. The maximum absolute atomic E-state index is 3.50. The predicted molar refractivity (Wildman–Crippen MR) is 38.7 cm³/mol. The molecule has 0 nitrogen and oxygen atoms in total. The van der Waals surface area contributed by atoms with Gasteiger partial charge < -0.3 is 0 Å². The molecule has 0 amide bonds. The molecule has 0 radical (unpaired) electrons. The number of hydrogen-bond donors (Lipinski definition) is 0. The first-order valence-electron chi connectivity index (χ1n) is 1.75. The van der Waals surface area contributed by atoms with Crippen LogP contribution in [0.15, 0.2) is 0 Å². The fraction of sp³-hybridized carbons (Fsp3) is 1.00. The zero-order chi connectivity index (χ0) is 5.15. The van der Waals surface area contributed by atoms with E-state index in [0.29, 0.717) is 0 Å². The third-order valence-electron chi connectivity index (χ3n) is 0.390. The molecule has 0 N–H and O–H groups in total. The average molecular weight is 278 g/mol. The van der Waals surface area contributed by atoms with Crippen molar-refractivity contribution >= 4 is 38.8 Å². The predicted octanol–water partition coefficient (Wildman–Crippen LogP) is 2.67. The van der Waals surface area contributed by atoms with Crippen LogP contribution in [0.3, 0.4) is 0 Å². The summed E-state index contributed by atoms with van der Waals surface area (Å²) in [6.07, 6.45) is 0. The van der Waals surface area contributed by atoms with Gasteiger partial charge in [-0.1, -0.05) is 0 Å². The molecule has 0 atom stereocenters. The average Bonchev–Trinajstić information content (AvgIpc) is 1.36. The van der Waals surface area contributed by atoms with Crippen LogP contribution in [0.5, 0.6) is 0 Å². The van der Waals surface area contributed by atoms with E-state index in [1.54, 1.807) is 0 Å². The van der Waals surface area contributed by atoms with Gasteiger partial charge in [0.25, 0.3) is 0 Å². The molecule has 0 bridgehead atoms. The van der Waals surface area contributed by atoms with Gasteiger partial charge in [-0.2, -0.15) is 0 Å². The van der Waals surface area contributed by atoms with Crippen LogP contribution in [0.25, 0.3) is 0 Å². The second kappa shape index (κ2) is 3.51. The molecular formula is C3H7AsBr2. The Balaban J connectivity index is 2.99. The normalized spacial score (nSPS) is 11.0. The first-order chi connectivity index (χ1) is 2.64. The molecule has 0 saturated heterocycles. The summed E-state index contributed by atoms with van der Waals surface area (Å²) in [6.45, 7) is 4.42. The monoisotopic (exact) mass is 276 g/mol. The van der Waals surface area contributed by atoms with Gasteiger partial charge in [-0.15, -0.1) is 0 Å². The van der Waals surface area contributed by atoms with Crippen molar-refractivity contribution in [1.29, 1.82) is 0 Å². The summed E-state index contributed by atoms with van der Waals surface area (Å²) in [5, 5.41) is 0. The summed E-state index contributed by atoms with van der Waals surface area (Å²) in [6, 6.07) is 0. The quantitative estimate of drug-likeness (QED) is 0.647. The van der Waals surface area contributed by atoms with Gasteiger partial charge in [0, 0.05) is 0 Å². The third kappa shape index (κ3) is 3.70. The Kier molecular flexibility index (Phi) is 4.40. The van der Waals surface area contributed by atoms with E-state index < -0.39 is 10.9 Å². The van der Waals surface area contributed by atoms with Gasteiger partial charge in [0.15, 0.2) is 0 Å². The molecule has 0 unspecified atom stereocenters. The SMILES string of the molecule is CC(C)[As](Br)Br. The molecule has 0 fully saturated rings. The topological polar surface area (TPSA) is 0 Å². The van der Waals surface area contributed by atoms with Crippen LogP contribution >= 0.6 is 27.9 Å². The Morgan fingerprint density at radius 3 is 1.50 bits per heavy atom. The number of hydrogen-bond acceptors (Lipinski definition) is 0. The van der Waals surface area contributed by atoms with E-state index in [1.807, 2.05) is 0 Å². The van der Waals surface area contributed by atoms with E-state index in [-0.39, 0.29) is 0 Å². The molecule has 6 heavy (non-hydrogen) atoms. The Bertz CT molecular complexity index is 29.8. The van der Waals surface area contributed by atoms with Gasteiger partial charge >= 0.3 is 57.3 Å². The molecule has 0 aromatic heterocycles. The Morgan fingerprint density at radius 2 is 1.50 bits per heavy atom. The second-order valence-electron chi connectivity index (χ2n) is 1.35. The van der Waals surface area contributed by atoms with Crippen LogP contribution in [0.2, 0.25) is 4.71 Å². The molecular weight excluding hydrogens is 271 g/mol. The van der Waals surface area contributed by atoms with Gasteiger partial charge in [-0.05, 0) is 0 Å². The zero-order valence-electron chi connectivity index (χ0n) is 3.78. The molecule has 0 aliphatic rings. The molecule has 0 aromatic rings. The van der Waals surface area contributed by atoms with E-state index in [4.69, 9.17) is 0 Å². The third-order valence-corrected chi connectivity index (χ3v) is 10.5. The van der Waals surface area contributed by atoms with Gasteiger partial charge in [0.2, 0.25) is 0 Å². The van der Waals surface area contributed by atoms with Crippen LogP contribution < -0.4 is 0 Å². The van der Waals surface area contributed by atoms with E-state index in [0.717, 1.165) is 4.71 Å². The molecule has 0 heterocycles. The van der Waals surface area contributed by atoms with E-state index in [1.165, 1.54) is 0 Å². The van der Waals surface area contributed by atoms with Crippen molar-refractivity contribution in [1.82, 2.24) is 0 Å². The van der Waals surface area contributed by atoms with Crippen molar-refractivity contribution in [3.8, 4) is 0 Å². The standard InChI is InChI=1S/C3H7AsBr2/c1-3(2)4(5)6/h3H,1-2H3. The summed E-state index contributed by atoms with van der Waals surface area (Å²) in [4.78, 5) is 0. The summed E-state index contributed by atoms with van der Waals surface area (Å²) < 4.78 is 0.831. The summed E-state index contributed by atoms with van der Waals surface area (Å²) in [7, 11) is -0.674. The van der Waals surface area contributed by atoms with E-state index in [9.17, 15) is 0 Å². The molecule has 0 aliphatic heterocycles. The van der Waals surface area contributed by atoms with Crippen LogP contribution in [0.4, 0.5) is 0 Å². The Labute approximate surface area is 57.1 Å². The number of halogens is 2. The van der Waals surface area contributed by atoms with Crippen molar-refractivity contribution in [3.05, 3.63) is 0 Å². The van der Waals surface area contributed by atoms with Gasteiger partial charge in [0.05, 0.1) is 0 Å². The molecule has 38 valence electrons. The fourth-order valence-electron chi connectivity index (χ4n) is 0. The van der Waals surface area contributed by atoms with Gasteiger partial charge in [-0.25, -0.2) is 0 Å². The van der Waals surface area contributed by atoms with Crippen LogP contribution in [-0.2, 0) is 0 Å². The molecule has 3 heteroatoms. The molecule has 0 aliphatic carbocycles. The van der Waals surface area contributed by atoms with Crippen molar-refractivity contribution in [2.45, 2.75) is 18.6 Å². The second-order valence-corrected chi connectivity index (χ2v) is 17.5. The van der Waals surface area contributed by atoms with Crippen molar-refractivity contribution in [2.75, 3.05) is 0 Å². The molecule has 0 spiro atoms. The fourth-order valence-corrected chi connectivity index (χ4v) is 0. The Hall–Kier alpha value is 1.52.